The first-order valence-corrected chi connectivity index (χ1v) is 8.98. The van der Waals surface area contributed by atoms with Crippen LogP contribution in [0.2, 0.25) is 0 Å². The molecule has 1 aliphatic carbocycles. The average Bonchev–Trinajstić information content (AvgIpc) is 2.54. The van der Waals surface area contributed by atoms with Gasteiger partial charge in [0.05, 0.1) is 11.8 Å². The zero-order valence-electron chi connectivity index (χ0n) is 13.3. The lowest BCUT2D eigenvalue weighted by molar-refractivity contribution is -0.119. The van der Waals surface area contributed by atoms with Gasteiger partial charge >= 0.3 is 0 Å². The van der Waals surface area contributed by atoms with Crippen molar-refractivity contribution in [3.63, 3.8) is 0 Å². The molecule has 120 valence electrons. The number of benzene rings is 2. The summed E-state index contributed by atoms with van der Waals surface area (Å²) in [5.41, 5.74) is 10.4. The summed E-state index contributed by atoms with van der Waals surface area (Å²) in [7, 11) is 0. The lowest BCUT2D eigenvalue weighted by Gasteiger charge is -2.26. The fourth-order valence-electron chi connectivity index (χ4n) is 3.08. The lowest BCUT2D eigenvalue weighted by atomic mass is 9.87. The number of anilines is 1. The highest BCUT2D eigenvalue weighted by atomic mass is 32.2. The normalized spacial score (nSPS) is 16.7. The van der Waals surface area contributed by atoms with E-state index in [4.69, 9.17) is 5.73 Å². The maximum absolute atomic E-state index is 12.3. The van der Waals surface area contributed by atoms with Crippen LogP contribution in [0.15, 0.2) is 47.4 Å². The number of nitrogens with one attached hydrogen (secondary N) is 1. The Balaban J connectivity index is 1.62. The summed E-state index contributed by atoms with van der Waals surface area (Å²) in [5, 5.41) is 3.18. The summed E-state index contributed by atoms with van der Waals surface area (Å²) in [4.78, 5) is 13.5. The number of hydrogen-bond acceptors (Lipinski definition) is 3. The number of carbonyl (C=O) groups is 1. The number of aryl methyl sites for hydroxylation is 2. The lowest BCUT2D eigenvalue weighted by Crippen LogP contribution is -2.32. The third-order valence-corrected chi connectivity index (χ3v) is 5.44. The summed E-state index contributed by atoms with van der Waals surface area (Å²) in [6.07, 6.45) is 3.13. The van der Waals surface area contributed by atoms with Gasteiger partial charge in [-0.15, -0.1) is 11.8 Å². The molecular weight excluding hydrogens is 304 g/mol. The van der Waals surface area contributed by atoms with Crippen molar-refractivity contribution in [3.05, 3.63) is 59.2 Å². The van der Waals surface area contributed by atoms with Gasteiger partial charge in [0.2, 0.25) is 5.91 Å². The molecule has 3 rings (SSSR count). The van der Waals surface area contributed by atoms with Crippen LogP contribution < -0.4 is 11.1 Å². The summed E-state index contributed by atoms with van der Waals surface area (Å²) in [6.45, 7) is 2.07. The van der Waals surface area contributed by atoms with Gasteiger partial charge < -0.3 is 11.1 Å². The predicted octanol–water partition coefficient (Wildman–Crippen LogP) is 3.86. The second-order valence-corrected chi connectivity index (χ2v) is 7.04. The molecule has 0 saturated carbocycles. The first kappa shape index (κ1) is 15.9. The van der Waals surface area contributed by atoms with E-state index in [-0.39, 0.29) is 11.9 Å². The van der Waals surface area contributed by atoms with Crippen molar-refractivity contribution in [1.29, 1.82) is 0 Å². The predicted molar refractivity (Wildman–Crippen MR) is 96.6 cm³/mol. The quantitative estimate of drug-likeness (QED) is 0.662. The molecule has 0 spiro atoms. The van der Waals surface area contributed by atoms with Crippen LogP contribution in [0.25, 0.3) is 0 Å². The van der Waals surface area contributed by atoms with E-state index in [9.17, 15) is 4.79 Å². The van der Waals surface area contributed by atoms with Gasteiger partial charge in [0.25, 0.3) is 0 Å². The fourth-order valence-corrected chi connectivity index (χ4v) is 3.92. The SMILES string of the molecule is Cc1ccccc1SCC(=O)NC1CCCc2cc(N)ccc21. The first-order valence-electron chi connectivity index (χ1n) is 7.99. The number of nitrogens with two attached hydrogens (primary N) is 1. The van der Waals surface area contributed by atoms with Crippen molar-refractivity contribution in [2.75, 3.05) is 11.5 Å². The van der Waals surface area contributed by atoms with E-state index in [1.54, 1.807) is 11.8 Å². The van der Waals surface area contributed by atoms with E-state index in [1.807, 2.05) is 24.3 Å². The van der Waals surface area contributed by atoms with Crippen LogP contribution in [0, 0.1) is 6.92 Å². The molecule has 3 N–H and O–H groups in total. The number of carbonyl (C=O) groups excluding carboxylic acids is 1. The van der Waals surface area contributed by atoms with Gasteiger partial charge in [-0.1, -0.05) is 24.3 Å². The molecule has 0 bridgehead atoms. The van der Waals surface area contributed by atoms with Crippen LogP contribution in [0.5, 0.6) is 0 Å². The number of nitrogen functional groups attached to an aromatic ring is 1. The second-order valence-electron chi connectivity index (χ2n) is 6.02. The molecule has 2 aromatic rings. The molecule has 1 unspecified atom stereocenters. The Morgan fingerprint density at radius 2 is 2.13 bits per heavy atom. The molecule has 0 heterocycles. The zero-order valence-corrected chi connectivity index (χ0v) is 14.2. The van der Waals surface area contributed by atoms with Crippen LogP contribution in [0.4, 0.5) is 5.69 Å². The van der Waals surface area contributed by atoms with Gasteiger partial charge in [0, 0.05) is 10.6 Å². The van der Waals surface area contributed by atoms with E-state index < -0.39 is 0 Å². The molecule has 0 aliphatic heterocycles. The van der Waals surface area contributed by atoms with Crippen molar-refractivity contribution in [2.45, 2.75) is 37.1 Å². The molecule has 0 fully saturated rings. The Labute approximate surface area is 141 Å². The monoisotopic (exact) mass is 326 g/mol. The molecule has 1 atom stereocenters. The Morgan fingerprint density at radius 3 is 2.96 bits per heavy atom. The van der Waals surface area contributed by atoms with Crippen LogP contribution in [-0.4, -0.2) is 11.7 Å². The minimum Gasteiger partial charge on any atom is -0.399 e. The van der Waals surface area contributed by atoms with Gasteiger partial charge in [-0.2, -0.15) is 0 Å². The molecule has 4 heteroatoms. The third-order valence-electron chi connectivity index (χ3n) is 4.27. The highest BCUT2D eigenvalue weighted by Gasteiger charge is 2.21. The maximum atomic E-state index is 12.3. The number of fused-ring (bicyclic) bond motifs is 1. The zero-order chi connectivity index (χ0) is 16.2. The van der Waals surface area contributed by atoms with E-state index >= 15 is 0 Å². The van der Waals surface area contributed by atoms with E-state index in [2.05, 4.69) is 30.4 Å². The molecule has 0 radical (unpaired) electrons. The van der Waals surface area contributed by atoms with E-state index in [0.29, 0.717) is 5.75 Å². The van der Waals surface area contributed by atoms with Crippen molar-refractivity contribution in [2.24, 2.45) is 0 Å². The van der Waals surface area contributed by atoms with Crippen LogP contribution in [0.1, 0.15) is 35.6 Å². The van der Waals surface area contributed by atoms with Crippen molar-refractivity contribution in [3.8, 4) is 0 Å². The largest absolute Gasteiger partial charge is 0.399 e. The Morgan fingerprint density at radius 1 is 1.30 bits per heavy atom. The van der Waals surface area contributed by atoms with Gasteiger partial charge in [-0.05, 0) is 61.1 Å². The summed E-state index contributed by atoms with van der Waals surface area (Å²) < 4.78 is 0. The van der Waals surface area contributed by atoms with Gasteiger partial charge in [0.1, 0.15) is 0 Å². The third kappa shape index (κ3) is 3.88. The summed E-state index contributed by atoms with van der Waals surface area (Å²) in [6, 6.07) is 14.3. The van der Waals surface area contributed by atoms with Crippen molar-refractivity contribution >= 4 is 23.4 Å². The highest BCUT2D eigenvalue weighted by Crippen LogP contribution is 2.31. The van der Waals surface area contributed by atoms with Crippen LogP contribution >= 0.6 is 11.8 Å². The number of hydrogen-bond donors (Lipinski definition) is 2. The molecular formula is C19H22N2OS. The smallest absolute Gasteiger partial charge is 0.230 e. The van der Waals surface area contributed by atoms with E-state index in [0.717, 1.165) is 24.9 Å². The second kappa shape index (κ2) is 7.09. The highest BCUT2D eigenvalue weighted by molar-refractivity contribution is 8.00. The molecule has 0 aromatic heterocycles. The maximum Gasteiger partial charge on any atom is 0.230 e. The standard InChI is InChI=1S/C19H22N2OS/c1-13-5-2-3-8-18(13)23-12-19(22)21-17-7-4-6-14-11-15(20)9-10-16(14)17/h2-3,5,8-11,17H,4,6-7,12,20H2,1H3,(H,21,22). The van der Waals surface area contributed by atoms with Crippen molar-refractivity contribution < 1.29 is 4.79 Å². The van der Waals surface area contributed by atoms with Crippen LogP contribution in [-0.2, 0) is 11.2 Å². The molecule has 2 aromatic carbocycles. The topological polar surface area (TPSA) is 55.1 Å². The summed E-state index contributed by atoms with van der Waals surface area (Å²) >= 11 is 1.60. The fraction of sp³-hybridized carbons (Fsp3) is 0.316. The Bertz CT molecular complexity index is 714. The van der Waals surface area contributed by atoms with Gasteiger partial charge in [-0.3, -0.25) is 4.79 Å². The molecule has 0 saturated heterocycles. The minimum atomic E-state index is 0.0907. The number of rotatable bonds is 4. The molecule has 23 heavy (non-hydrogen) atoms. The first-order chi connectivity index (χ1) is 11.1. The molecule has 3 nitrogen and oxygen atoms in total. The number of thioether (sulfide) groups is 1. The van der Waals surface area contributed by atoms with Gasteiger partial charge in [-0.25, -0.2) is 0 Å². The Kier molecular flexibility index (Phi) is 4.91. The average molecular weight is 326 g/mol. The molecule has 1 aliphatic rings. The Hall–Kier alpha value is -1.94. The van der Waals surface area contributed by atoms with E-state index in [1.165, 1.54) is 21.6 Å². The molecule has 1 amide bonds. The van der Waals surface area contributed by atoms with Gasteiger partial charge in [0.15, 0.2) is 0 Å². The summed E-state index contributed by atoms with van der Waals surface area (Å²) in [5.74, 6) is 0.541. The van der Waals surface area contributed by atoms with Crippen molar-refractivity contribution in [1.82, 2.24) is 5.32 Å². The van der Waals surface area contributed by atoms with Crippen LogP contribution in [0.3, 0.4) is 0 Å². The minimum absolute atomic E-state index is 0.0907. The number of amides is 1.